The summed E-state index contributed by atoms with van der Waals surface area (Å²) in [7, 11) is 1.69. The molecule has 0 aromatic heterocycles. The molecule has 67 heavy (non-hydrogen) atoms. The van der Waals surface area contributed by atoms with E-state index in [2.05, 4.69) is 27.7 Å². The molecule has 0 aromatic carbocycles. The lowest BCUT2D eigenvalue weighted by Gasteiger charge is -2.47. The number of ether oxygens (including phenoxy) is 4. The van der Waals surface area contributed by atoms with Crippen molar-refractivity contribution in [3.05, 3.63) is 0 Å². The summed E-state index contributed by atoms with van der Waals surface area (Å²) in [5.41, 5.74) is -1.12. The SMILES string of the molecule is C.C.C.C.C=O.CC(=O)O.CCC(C)(CCC(C)(C)C(=O)OC1CC2CC1C1C3CC(C4C5CCC(C5)C34)C21)C(=O)OC1CC2CC1C1C3CC(C4C5CCC(C5)C34)C21.COC1CCCCO1. The number of methoxy groups -OCH3 is 1. The van der Waals surface area contributed by atoms with E-state index in [9.17, 15) is 9.59 Å². The van der Waals surface area contributed by atoms with Crippen LogP contribution in [0, 0.1) is 129 Å². The third-order valence-corrected chi connectivity index (χ3v) is 22.3. The Morgan fingerprint density at radius 2 is 0.955 bits per heavy atom. The van der Waals surface area contributed by atoms with E-state index in [1.54, 1.807) is 20.0 Å². The van der Waals surface area contributed by atoms with Crippen molar-refractivity contribution < 1.29 is 43.2 Å². The number of carboxylic acid groups (broad SMARTS) is 1. The van der Waals surface area contributed by atoms with Crippen molar-refractivity contribution in [3.63, 3.8) is 0 Å². The minimum Gasteiger partial charge on any atom is -0.481 e. The number of esters is 2. The molecule has 0 aromatic rings. The quantitative estimate of drug-likeness (QED) is 0.178. The number of hydrogen-bond acceptors (Lipinski definition) is 8. The highest BCUT2D eigenvalue weighted by Gasteiger charge is 2.73. The first-order chi connectivity index (χ1) is 30.3. The maximum atomic E-state index is 14.1. The Morgan fingerprint density at radius 3 is 1.33 bits per heavy atom. The van der Waals surface area contributed by atoms with E-state index in [-0.39, 0.29) is 60.1 Å². The van der Waals surface area contributed by atoms with E-state index in [4.69, 9.17) is 33.6 Å². The van der Waals surface area contributed by atoms with Crippen LogP contribution in [0.2, 0.25) is 0 Å². The lowest BCUT2D eigenvalue weighted by molar-refractivity contribution is -0.171. The van der Waals surface area contributed by atoms with Crippen LogP contribution < -0.4 is 0 Å². The van der Waals surface area contributed by atoms with Gasteiger partial charge in [-0.15, -0.1) is 0 Å². The fraction of sp³-hybridized carbons (Fsp3) is 0.931. The van der Waals surface area contributed by atoms with Crippen molar-refractivity contribution in [2.24, 2.45) is 129 Å². The summed E-state index contributed by atoms with van der Waals surface area (Å²) < 4.78 is 23.3. The molecule has 1 saturated heterocycles. The van der Waals surface area contributed by atoms with E-state index < -0.39 is 16.8 Å². The standard InChI is InChI=1S/C45H64O4.C6H12O2.C2H4O2.CH2O.4CH4/c1-5-45(4,43(47)49-33-17-25-15-27(33)41-31-19-29(39(25)41)35-21-7-9-23(13-21)37(31)35)11-10-44(2,3)42(46)48-32-16-24-14-26(32)40-30-18-28(38(24)40)34-20-6-8-22(12-20)36(30)34;1-7-6-4-2-3-5-8-6;1-2(3)4;1-2;;;;/h20-41H,5-19H2,1-4H3;6H,2-5H2,1H3;1H3,(H,3,4);1H2;4*1H4. The summed E-state index contributed by atoms with van der Waals surface area (Å²) in [6, 6.07) is 0. The van der Waals surface area contributed by atoms with Gasteiger partial charge >= 0.3 is 11.9 Å². The van der Waals surface area contributed by atoms with Gasteiger partial charge in [-0.25, -0.2) is 0 Å². The second kappa shape index (κ2) is 20.6. The summed E-state index contributed by atoms with van der Waals surface area (Å²) in [6.07, 6.45) is 23.1. The maximum Gasteiger partial charge on any atom is 0.312 e. The van der Waals surface area contributed by atoms with Gasteiger partial charge in [0.1, 0.15) is 19.0 Å². The molecule has 1 heterocycles. The van der Waals surface area contributed by atoms with E-state index in [1.165, 1.54) is 64.2 Å². The molecule has 13 rings (SSSR count). The largest absolute Gasteiger partial charge is 0.481 e. The Labute approximate surface area is 407 Å². The van der Waals surface area contributed by atoms with Crippen molar-refractivity contribution in [1.29, 1.82) is 0 Å². The molecule has 13 aliphatic rings. The van der Waals surface area contributed by atoms with Crippen LogP contribution in [0.3, 0.4) is 0 Å². The molecule has 12 aliphatic carbocycles. The molecule has 12 bridgehead atoms. The number of carbonyl (C=O) groups excluding carboxylic acids is 3. The summed E-state index contributed by atoms with van der Waals surface area (Å²) in [6.45, 7) is 12.4. The first-order valence-electron chi connectivity index (χ1n) is 26.3. The van der Waals surface area contributed by atoms with Gasteiger partial charge in [0.15, 0.2) is 6.29 Å². The summed E-state index contributed by atoms with van der Waals surface area (Å²) in [4.78, 5) is 45.0. The van der Waals surface area contributed by atoms with E-state index in [1.807, 2.05) is 6.79 Å². The molecule has 0 spiro atoms. The number of carbonyl (C=O) groups is 4. The second-order valence-corrected chi connectivity index (χ2v) is 24.9. The molecular weight excluding hydrogens is 841 g/mol. The van der Waals surface area contributed by atoms with E-state index in [0.717, 1.165) is 146 Å². The molecule has 0 radical (unpaired) electrons. The van der Waals surface area contributed by atoms with Crippen molar-refractivity contribution >= 4 is 24.7 Å². The Bertz CT molecular complexity index is 1720. The molecule has 13 fully saturated rings. The smallest absolute Gasteiger partial charge is 0.312 e. The van der Waals surface area contributed by atoms with Crippen LogP contribution in [0.4, 0.5) is 0 Å². The topological polar surface area (TPSA) is 125 Å². The summed E-state index contributed by atoms with van der Waals surface area (Å²) in [5, 5.41) is 7.42. The molecule has 12 saturated carbocycles. The number of carboxylic acids is 1. The third kappa shape index (κ3) is 8.72. The molecular formula is C58H98O9. The molecule has 24 atom stereocenters. The average molecular weight is 939 g/mol. The fourth-order valence-electron chi connectivity index (χ4n) is 20.3. The van der Waals surface area contributed by atoms with Crippen LogP contribution in [0.25, 0.3) is 0 Å². The zero-order chi connectivity index (χ0) is 44.3. The zero-order valence-electron chi connectivity index (χ0n) is 39.6. The van der Waals surface area contributed by atoms with Gasteiger partial charge in [-0.3, -0.25) is 14.4 Å². The number of rotatable bonds is 9. The predicted molar refractivity (Wildman–Crippen MR) is 264 cm³/mol. The third-order valence-electron chi connectivity index (χ3n) is 22.3. The predicted octanol–water partition coefficient (Wildman–Crippen LogP) is 12.8. The average Bonchev–Trinajstić information content (AvgIpc) is 4.12. The van der Waals surface area contributed by atoms with Gasteiger partial charge in [-0.2, -0.15) is 0 Å². The second-order valence-electron chi connectivity index (χ2n) is 24.9. The molecule has 9 heteroatoms. The molecule has 1 N–H and O–H groups in total. The molecule has 24 unspecified atom stereocenters. The Morgan fingerprint density at radius 1 is 0.552 bits per heavy atom. The van der Waals surface area contributed by atoms with E-state index in [0.29, 0.717) is 24.7 Å². The van der Waals surface area contributed by atoms with Crippen molar-refractivity contribution in [2.45, 2.75) is 198 Å². The van der Waals surface area contributed by atoms with Crippen LogP contribution >= 0.6 is 0 Å². The van der Waals surface area contributed by atoms with Gasteiger partial charge in [-0.1, -0.05) is 36.6 Å². The van der Waals surface area contributed by atoms with Crippen LogP contribution in [-0.2, 0) is 38.1 Å². The number of aliphatic carboxylic acids is 1. The highest BCUT2D eigenvalue weighted by molar-refractivity contribution is 5.78. The van der Waals surface area contributed by atoms with Crippen LogP contribution in [-0.4, -0.2) is 62.0 Å². The first kappa shape index (κ1) is 54.3. The van der Waals surface area contributed by atoms with Gasteiger partial charge < -0.3 is 28.8 Å². The first-order valence-corrected chi connectivity index (χ1v) is 26.3. The van der Waals surface area contributed by atoms with Crippen LogP contribution in [0.1, 0.15) is 180 Å². The summed E-state index contributed by atoms with van der Waals surface area (Å²) >= 11 is 0. The number of hydrogen-bond donors (Lipinski definition) is 1. The van der Waals surface area contributed by atoms with Gasteiger partial charge in [0.2, 0.25) is 0 Å². The maximum absolute atomic E-state index is 14.1. The van der Waals surface area contributed by atoms with Crippen molar-refractivity contribution in [3.8, 4) is 0 Å². The van der Waals surface area contributed by atoms with Crippen LogP contribution in [0.5, 0.6) is 0 Å². The minimum atomic E-state index is -0.833. The monoisotopic (exact) mass is 939 g/mol. The van der Waals surface area contributed by atoms with Gasteiger partial charge in [0, 0.05) is 20.6 Å². The highest BCUT2D eigenvalue weighted by Crippen LogP contribution is 2.78. The zero-order valence-corrected chi connectivity index (χ0v) is 39.6. The van der Waals surface area contributed by atoms with Crippen molar-refractivity contribution in [2.75, 3.05) is 13.7 Å². The Balaban J connectivity index is 0.000000363. The Kier molecular flexibility index (Phi) is 16.7. The fourth-order valence-corrected chi connectivity index (χ4v) is 20.3. The molecule has 9 nitrogen and oxygen atoms in total. The highest BCUT2D eigenvalue weighted by atomic mass is 16.7. The van der Waals surface area contributed by atoms with Gasteiger partial charge in [-0.05, 0) is 255 Å². The molecule has 1 aliphatic heterocycles. The number of fused-ring (bicyclic) bond motifs is 32. The lowest BCUT2D eigenvalue weighted by atomic mass is 9.59. The van der Waals surface area contributed by atoms with Crippen LogP contribution in [0.15, 0.2) is 0 Å². The molecule has 0 amide bonds. The van der Waals surface area contributed by atoms with Gasteiger partial charge in [0.25, 0.3) is 5.97 Å². The summed E-state index contributed by atoms with van der Waals surface area (Å²) in [5.74, 6) is 17.9. The minimum absolute atomic E-state index is 0. The lowest BCUT2D eigenvalue weighted by Crippen LogP contribution is -2.46. The Hall–Kier alpha value is -2.00. The van der Waals surface area contributed by atoms with Crippen molar-refractivity contribution in [1.82, 2.24) is 0 Å². The molecule has 384 valence electrons. The normalized spacial score (nSPS) is 47.5. The van der Waals surface area contributed by atoms with Gasteiger partial charge in [0.05, 0.1) is 10.8 Å². The van der Waals surface area contributed by atoms with E-state index >= 15 is 0 Å².